The van der Waals surface area contributed by atoms with Crippen molar-refractivity contribution >= 4 is 38.2 Å². The summed E-state index contributed by atoms with van der Waals surface area (Å²) in [6.07, 6.45) is -2.08. The number of anilines is 1. The van der Waals surface area contributed by atoms with Crippen molar-refractivity contribution in [2.24, 2.45) is 0 Å². The number of hydrogen-bond acceptors (Lipinski definition) is 5. The van der Waals surface area contributed by atoms with Gasteiger partial charge in [-0.05, 0) is 42.7 Å². The Bertz CT molecular complexity index is 1230. The highest BCUT2D eigenvalue weighted by Crippen LogP contribution is 2.55. The van der Waals surface area contributed by atoms with Crippen LogP contribution in [0.25, 0.3) is 10.9 Å². The first-order valence-corrected chi connectivity index (χ1v) is 11.4. The zero-order chi connectivity index (χ0) is 22.4. The number of rotatable bonds is 8. The summed E-state index contributed by atoms with van der Waals surface area (Å²) >= 11 is 6.35. The van der Waals surface area contributed by atoms with Gasteiger partial charge in [-0.15, -0.1) is 0 Å². The molecule has 3 aromatic rings. The summed E-state index contributed by atoms with van der Waals surface area (Å²) < 4.78 is 60.2. The van der Waals surface area contributed by atoms with E-state index in [4.69, 9.17) is 22.1 Å². The van der Waals surface area contributed by atoms with Crippen molar-refractivity contribution in [2.45, 2.75) is 37.1 Å². The van der Waals surface area contributed by atoms with Crippen LogP contribution in [0.15, 0.2) is 36.4 Å². The molecule has 0 bridgehead atoms. The fourth-order valence-electron chi connectivity index (χ4n) is 3.69. The lowest BCUT2D eigenvalue weighted by Gasteiger charge is -2.16. The zero-order valence-corrected chi connectivity index (χ0v) is 18.2. The Hall–Kier alpha value is -2.43. The number of nitrogens with zero attached hydrogens (tertiary/aromatic N) is 2. The van der Waals surface area contributed by atoms with E-state index in [9.17, 15) is 17.2 Å². The highest BCUT2D eigenvalue weighted by atomic mass is 35.5. The van der Waals surface area contributed by atoms with E-state index in [1.807, 2.05) is 0 Å². The number of nitrogen functional groups attached to an aromatic ring is 1. The number of nitrogens with two attached hydrogens (primary N) is 1. The van der Waals surface area contributed by atoms with Crippen molar-refractivity contribution in [1.82, 2.24) is 14.5 Å². The molecule has 1 saturated carbocycles. The summed E-state index contributed by atoms with van der Waals surface area (Å²) in [5.41, 5.74) is 7.34. The Morgan fingerprint density at radius 1 is 1.26 bits per heavy atom. The van der Waals surface area contributed by atoms with Crippen molar-refractivity contribution in [2.75, 3.05) is 12.8 Å². The number of sulfonamides is 1. The molecule has 1 aromatic heterocycles. The summed E-state index contributed by atoms with van der Waals surface area (Å²) in [4.78, 5) is 0. The molecular formula is C20H21ClF2N4O3S. The average molecular weight is 471 g/mol. The third-order valence-corrected chi connectivity index (χ3v) is 7.93. The summed E-state index contributed by atoms with van der Waals surface area (Å²) in [7, 11) is -2.35. The standard InChI is InChI=1S/C20H21ClF2N4O3S/c1-30-13-4-2-12(3-5-13)10-25-31(28,29)20(8-9-20)19-17-14(21)6-7-15(24)18(17)27(26-19)11-16(22)23/h2-7,16,25H,8-11,24H2,1H3. The molecule has 1 aliphatic rings. The summed E-state index contributed by atoms with van der Waals surface area (Å²) in [5, 5.41) is 4.79. The van der Waals surface area contributed by atoms with Gasteiger partial charge in [-0.2, -0.15) is 5.10 Å². The first kappa shape index (κ1) is 21.8. The fourth-order valence-corrected chi connectivity index (χ4v) is 5.61. The molecule has 7 nitrogen and oxygen atoms in total. The number of ether oxygens (including phenoxy) is 1. The molecule has 0 atom stereocenters. The molecule has 166 valence electrons. The second-order valence-electron chi connectivity index (χ2n) is 7.45. The normalized spacial score (nSPS) is 15.5. The summed E-state index contributed by atoms with van der Waals surface area (Å²) in [6, 6.07) is 9.99. The molecule has 31 heavy (non-hydrogen) atoms. The molecule has 0 spiro atoms. The van der Waals surface area contributed by atoms with Gasteiger partial charge in [0.1, 0.15) is 17.0 Å². The van der Waals surface area contributed by atoms with Gasteiger partial charge in [-0.3, -0.25) is 4.68 Å². The molecule has 4 rings (SSSR count). The van der Waals surface area contributed by atoms with E-state index in [2.05, 4.69) is 9.82 Å². The molecule has 0 amide bonds. The smallest absolute Gasteiger partial charge is 0.257 e. The van der Waals surface area contributed by atoms with Gasteiger partial charge in [-0.1, -0.05) is 23.7 Å². The molecule has 3 N–H and O–H groups in total. The number of nitrogens with one attached hydrogen (secondary N) is 1. The highest BCUT2D eigenvalue weighted by molar-refractivity contribution is 7.90. The van der Waals surface area contributed by atoms with Gasteiger partial charge in [0.15, 0.2) is 0 Å². The lowest BCUT2D eigenvalue weighted by atomic mass is 10.1. The molecule has 0 aliphatic heterocycles. The van der Waals surface area contributed by atoms with Gasteiger partial charge >= 0.3 is 0 Å². The third kappa shape index (κ3) is 3.83. The third-order valence-electron chi connectivity index (χ3n) is 5.46. The maximum atomic E-state index is 13.3. The zero-order valence-electron chi connectivity index (χ0n) is 16.6. The van der Waals surface area contributed by atoms with Crippen LogP contribution in [-0.4, -0.2) is 31.7 Å². The number of aromatic nitrogens is 2. The van der Waals surface area contributed by atoms with E-state index in [1.165, 1.54) is 12.1 Å². The maximum Gasteiger partial charge on any atom is 0.257 e. The van der Waals surface area contributed by atoms with Gasteiger partial charge in [-0.25, -0.2) is 21.9 Å². The molecule has 0 radical (unpaired) electrons. The van der Waals surface area contributed by atoms with Gasteiger partial charge < -0.3 is 10.5 Å². The molecule has 1 aliphatic carbocycles. The quantitative estimate of drug-likeness (QED) is 0.489. The number of benzene rings is 2. The second kappa shape index (κ2) is 7.92. The minimum atomic E-state index is -3.90. The lowest BCUT2D eigenvalue weighted by molar-refractivity contribution is 0.123. The minimum Gasteiger partial charge on any atom is -0.497 e. The van der Waals surface area contributed by atoms with E-state index in [1.54, 1.807) is 31.4 Å². The highest BCUT2D eigenvalue weighted by Gasteiger charge is 2.59. The topological polar surface area (TPSA) is 99.2 Å². The van der Waals surface area contributed by atoms with Crippen molar-refractivity contribution in [3.63, 3.8) is 0 Å². The maximum absolute atomic E-state index is 13.3. The first-order chi connectivity index (χ1) is 14.7. The Kier molecular flexibility index (Phi) is 5.57. The average Bonchev–Trinajstić information content (AvgIpc) is 3.47. The predicted octanol–water partition coefficient (Wildman–Crippen LogP) is 3.65. The van der Waals surface area contributed by atoms with E-state index in [0.29, 0.717) is 24.0 Å². The van der Waals surface area contributed by atoms with Gasteiger partial charge in [0, 0.05) is 11.9 Å². The van der Waals surface area contributed by atoms with E-state index >= 15 is 0 Å². The largest absolute Gasteiger partial charge is 0.497 e. The molecule has 1 fully saturated rings. The molecule has 1 heterocycles. The Balaban J connectivity index is 1.72. The minimum absolute atomic E-state index is 0.0691. The van der Waals surface area contributed by atoms with Crippen LogP contribution in [-0.2, 0) is 27.9 Å². The molecular weight excluding hydrogens is 450 g/mol. The number of methoxy groups -OCH3 is 1. The summed E-state index contributed by atoms with van der Waals surface area (Å²) in [5.74, 6) is 0.661. The van der Waals surface area contributed by atoms with Crippen molar-refractivity contribution < 1.29 is 21.9 Å². The fraction of sp³-hybridized carbons (Fsp3) is 0.350. The van der Waals surface area contributed by atoms with Crippen LogP contribution < -0.4 is 15.2 Å². The molecule has 11 heteroatoms. The van der Waals surface area contributed by atoms with Gasteiger partial charge in [0.05, 0.1) is 29.0 Å². The van der Waals surface area contributed by atoms with Crippen LogP contribution in [0.5, 0.6) is 5.75 Å². The number of fused-ring (bicyclic) bond motifs is 1. The Morgan fingerprint density at radius 2 is 1.94 bits per heavy atom. The first-order valence-electron chi connectivity index (χ1n) is 9.54. The van der Waals surface area contributed by atoms with Crippen LogP contribution in [0.3, 0.4) is 0 Å². The van der Waals surface area contributed by atoms with Crippen molar-refractivity contribution in [3.05, 3.63) is 52.7 Å². The number of alkyl halides is 2. The molecule has 0 unspecified atom stereocenters. The lowest BCUT2D eigenvalue weighted by Crippen LogP contribution is -2.34. The van der Waals surface area contributed by atoms with Crippen LogP contribution >= 0.6 is 11.6 Å². The predicted molar refractivity (Wildman–Crippen MR) is 115 cm³/mol. The Labute approximate surface area is 183 Å². The van der Waals surface area contributed by atoms with Crippen LogP contribution in [0, 0.1) is 0 Å². The molecule has 2 aromatic carbocycles. The SMILES string of the molecule is COc1ccc(CNS(=O)(=O)C2(c3nn(CC(F)F)c4c(N)ccc(Cl)c34)CC2)cc1. The summed E-state index contributed by atoms with van der Waals surface area (Å²) in [6.45, 7) is -0.643. The van der Waals surface area contributed by atoms with Crippen molar-refractivity contribution in [3.8, 4) is 5.75 Å². The molecule has 0 saturated heterocycles. The van der Waals surface area contributed by atoms with E-state index in [-0.39, 0.29) is 28.5 Å². The monoisotopic (exact) mass is 470 g/mol. The van der Waals surface area contributed by atoms with E-state index in [0.717, 1.165) is 10.2 Å². The second-order valence-corrected chi connectivity index (χ2v) is 9.93. The van der Waals surface area contributed by atoms with Crippen LogP contribution in [0.2, 0.25) is 5.02 Å². The van der Waals surface area contributed by atoms with E-state index < -0.39 is 27.7 Å². The number of hydrogen-bond donors (Lipinski definition) is 2. The van der Waals surface area contributed by atoms with Gasteiger partial charge in [0.25, 0.3) is 6.43 Å². The van der Waals surface area contributed by atoms with Crippen molar-refractivity contribution in [1.29, 1.82) is 0 Å². The van der Waals surface area contributed by atoms with Crippen LogP contribution in [0.4, 0.5) is 14.5 Å². The van der Waals surface area contributed by atoms with Crippen LogP contribution in [0.1, 0.15) is 24.1 Å². The number of halogens is 3. The van der Waals surface area contributed by atoms with Gasteiger partial charge in [0.2, 0.25) is 10.0 Å². The Morgan fingerprint density at radius 3 is 2.52 bits per heavy atom.